The van der Waals surface area contributed by atoms with E-state index in [1.807, 2.05) is 0 Å². The van der Waals surface area contributed by atoms with Crippen LogP contribution in [0.3, 0.4) is 0 Å². The molecule has 5 heteroatoms. The second kappa shape index (κ2) is 2.45. The Kier molecular flexibility index (Phi) is 1.64. The van der Waals surface area contributed by atoms with Crippen LogP contribution in [0, 0.1) is 0 Å². The van der Waals surface area contributed by atoms with Crippen molar-refractivity contribution in [3.8, 4) is 0 Å². The van der Waals surface area contributed by atoms with Gasteiger partial charge in [0.15, 0.2) is 11.3 Å². The number of rotatable bonds is 2. The van der Waals surface area contributed by atoms with Gasteiger partial charge in [0, 0.05) is 0 Å². The molecule has 46 valence electrons. The van der Waals surface area contributed by atoms with E-state index >= 15 is 0 Å². The van der Waals surface area contributed by atoms with Crippen molar-refractivity contribution in [2.45, 2.75) is 0 Å². The maximum Gasteiger partial charge on any atom is 0.255 e. The Morgan fingerprint density at radius 2 is 2.56 bits per heavy atom. The monoisotopic (exact) mass is 142 g/mol. The van der Waals surface area contributed by atoms with Gasteiger partial charge in [-0.05, 0) is 0 Å². The van der Waals surface area contributed by atoms with E-state index in [2.05, 4.69) is 10.2 Å². The van der Waals surface area contributed by atoms with Crippen molar-refractivity contribution in [1.29, 1.82) is 0 Å². The summed E-state index contributed by atoms with van der Waals surface area (Å²) in [6, 6.07) is 0. The number of carbonyl (C=O) groups is 2. The van der Waals surface area contributed by atoms with Crippen molar-refractivity contribution in [1.82, 2.24) is 10.2 Å². The average molecular weight is 142 g/mol. The predicted molar refractivity (Wildman–Crippen MR) is 30.3 cm³/mol. The summed E-state index contributed by atoms with van der Waals surface area (Å²) >= 11 is 1.05. The molecule has 0 aliphatic heterocycles. The first kappa shape index (κ1) is 6.03. The Morgan fingerprint density at radius 1 is 1.78 bits per heavy atom. The van der Waals surface area contributed by atoms with Gasteiger partial charge in [-0.1, -0.05) is 11.3 Å². The molecule has 0 aliphatic carbocycles. The summed E-state index contributed by atoms with van der Waals surface area (Å²) in [6.07, 6.45) is 0.223. The Bertz CT molecular complexity index is 218. The largest absolute Gasteiger partial charge is 0.294 e. The number of aldehydes is 1. The average Bonchev–Trinajstić information content (AvgIpc) is 2.37. The quantitative estimate of drug-likeness (QED) is 0.329. The van der Waals surface area contributed by atoms with Gasteiger partial charge in [-0.2, -0.15) is 0 Å². The van der Waals surface area contributed by atoms with Crippen LogP contribution >= 0.6 is 11.3 Å². The van der Waals surface area contributed by atoms with Crippen molar-refractivity contribution in [2.24, 2.45) is 0 Å². The van der Waals surface area contributed by atoms with E-state index < -0.39 is 5.78 Å². The topological polar surface area (TPSA) is 59.9 Å². The van der Waals surface area contributed by atoms with Crippen molar-refractivity contribution in [3.63, 3.8) is 0 Å². The van der Waals surface area contributed by atoms with Crippen LogP contribution in [-0.2, 0) is 4.79 Å². The molecule has 0 fully saturated rings. The zero-order valence-electron chi connectivity index (χ0n) is 4.27. The number of Topliss-reactive ketones (excluding diaryl/α,β-unsaturated/α-hetero) is 1. The van der Waals surface area contributed by atoms with Crippen molar-refractivity contribution >= 4 is 23.4 Å². The van der Waals surface area contributed by atoms with Gasteiger partial charge in [0.1, 0.15) is 5.51 Å². The molecular formula is C4H2N2O2S. The molecule has 0 aliphatic rings. The zero-order valence-corrected chi connectivity index (χ0v) is 5.09. The van der Waals surface area contributed by atoms with Crippen LogP contribution in [0.4, 0.5) is 0 Å². The minimum atomic E-state index is -0.613. The summed E-state index contributed by atoms with van der Waals surface area (Å²) in [5.74, 6) is -0.613. The van der Waals surface area contributed by atoms with Crippen LogP contribution in [0.2, 0.25) is 0 Å². The number of carbonyl (C=O) groups excluding carboxylic acids is 2. The van der Waals surface area contributed by atoms with Crippen LogP contribution in [0.1, 0.15) is 9.80 Å². The Labute approximate surface area is 54.5 Å². The normalized spacial score (nSPS) is 8.89. The first-order chi connectivity index (χ1) is 4.34. The van der Waals surface area contributed by atoms with Crippen LogP contribution in [-0.4, -0.2) is 22.3 Å². The van der Waals surface area contributed by atoms with Crippen LogP contribution < -0.4 is 0 Å². The van der Waals surface area contributed by atoms with Gasteiger partial charge < -0.3 is 0 Å². The molecule has 0 spiro atoms. The second-order valence-electron chi connectivity index (χ2n) is 1.23. The van der Waals surface area contributed by atoms with Crippen molar-refractivity contribution in [2.75, 3.05) is 0 Å². The highest BCUT2D eigenvalue weighted by molar-refractivity contribution is 7.12. The third-order valence-electron chi connectivity index (χ3n) is 0.678. The number of aromatic nitrogens is 2. The van der Waals surface area contributed by atoms with Crippen molar-refractivity contribution in [3.05, 3.63) is 10.5 Å². The van der Waals surface area contributed by atoms with Crippen molar-refractivity contribution < 1.29 is 9.59 Å². The molecule has 1 aromatic rings. The summed E-state index contributed by atoms with van der Waals surface area (Å²) < 4.78 is 0. The fourth-order valence-electron chi connectivity index (χ4n) is 0.331. The minimum absolute atomic E-state index is 0.144. The molecule has 9 heavy (non-hydrogen) atoms. The second-order valence-corrected chi connectivity index (χ2v) is 2.06. The van der Waals surface area contributed by atoms with E-state index in [1.54, 1.807) is 0 Å². The first-order valence-electron chi connectivity index (χ1n) is 2.10. The highest BCUT2D eigenvalue weighted by atomic mass is 32.1. The van der Waals surface area contributed by atoms with E-state index in [4.69, 9.17) is 0 Å². The third-order valence-corrected chi connectivity index (χ3v) is 1.38. The molecule has 0 saturated heterocycles. The van der Waals surface area contributed by atoms with Gasteiger partial charge in [-0.3, -0.25) is 9.59 Å². The molecule has 0 radical (unpaired) electrons. The zero-order chi connectivity index (χ0) is 6.69. The summed E-state index contributed by atoms with van der Waals surface area (Å²) in [5.41, 5.74) is 1.40. The van der Waals surface area contributed by atoms with Gasteiger partial charge in [0.25, 0.3) is 5.78 Å². The number of hydrogen-bond acceptors (Lipinski definition) is 5. The summed E-state index contributed by atoms with van der Waals surface area (Å²) in [7, 11) is 0. The van der Waals surface area contributed by atoms with Gasteiger partial charge >= 0.3 is 0 Å². The maximum atomic E-state index is 10.4. The minimum Gasteiger partial charge on any atom is -0.294 e. The van der Waals surface area contributed by atoms with E-state index in [-0.39, 0.29) is 11.3 Å². The fraction of sp³-hybridized carbons (Fsp3) is 0. The Morgan fingerprint density at radius 3 is 3.00 bits per heavy atom. The molecule has 0 unspecified atom stereocenters. The Balaban J connectivity index is 2.89. The third kappa shape index (κ3) is 1.17. The lowest BCUT2D eigenvalue weighted by atomic mass is 10.5. The molecule has 1 aromatic heterocycles. The van der Waals surface area contributed by atoms with Gasteiger partial charge in [-0.15, -0.1) is 10.2 Å². The smallest absolute Gasteiger partial charge is 0.255 e. The number of ketones is 1. The summed E-state index contributed by atoms with van der Waals surface area (Å²) in [5, 5.41) is 6.90. The molecule has 0 aromatic carbocycles. The van der Waals surface area contributed by atoms with E-state index in [1.165, 1.54) is 5.51 Å². The Hall–Kier alpha value is -1.10. The van der Waals surface area contributed by atoms with E-state index in [0.717, 1.165) is 11.3 Å². The molecule has 1 heterocycles. The first-order valence-corrected chi connectivity index (χ1v) is 2.98. The van der Waals surface area contributed by atoms with E-state index in [0.29, 0.717) is 0 Å². The molecular weight excluding hydrogens is 140 g/mol. The maximum absolute atomic E-state index is 10.4. The van der Waals surface area contributed by atoms with Gasteiger partial charge in [0.2, 0.25) is 0 Å². The molecule has 4 nitrogen and oxygen atoms in total. The molecule has 0 bridgehead atoms. The lowest BCUT2D eigenvalue weighted by Gasteiger charge is -1.75. The molecule has 0 atom stereocenters. The molecule has 0 N–H and O–H groups in total. The lowest BCUT2D eigenvalue weighted by molar-refractivity contribution is -0.104. The highest BCUT2D eigenvalue weighted by Gasteiger charge is 2.05. The highest BCUT2D eigenvalue weighted by Crippen LogP contribution is 1.99. The molecule has 0 amide bonds. The summed E-state index contributed by atoms with van der Waals surface area (Å²) in [4.78, 5) is 20.2. The number of nitrogens with zero attached hydrogens (tertiary/aromatic N) is 2. The van der Waals surface area contributed by atoms with Gasteiger partial charge in [0.05, 0.1) is 0 Å². The van der Waals surface area contributed by atoms with Crippen LogP contribution in [0.5, 0.6) is 0 Å². The molecule has 1 rings (SSSR count). The standard InChI is InChI=1S/C4H2N2O2S/c7-1-3(8)4-6-5-2-9-4/h1-2H. The fourth-order valence-corrected chi connectivity index (χ4v) is 0.784. The molecule has 0 saturated carbocycles. The number of hydrogen-bond donors (Lipinski definition) is 0. The van der Waals surface area contributed by atoms with Crippen LogP contribution in [0.25, 0.3) is 0 Å². The lowest BCUT2D eigenvalue weighted by Crippen LogP contribution is -1.98. The predicted octanol–water partition coefficient (Wildman–Crippen LogP) is -0.0803. The van der Waals surface area contributed by atoms with E-state index in [9.17, 15) is 9.59 Å². The van der Waals surface area contributed by atoms with Crippen LogP contribution in [0.15, 0.2) is 5.51 Å². The summed E-state index contributed by atoms with van der Waals surface area (Å²) in [6.45, 7) is 0. The SMILES string of the molecule is O=CC(=O)c1nncs1. The van der Waals surface area contributed by atoms with Gasteiger partial charge in [-0.25, -0.2) is 0 Å².